The van der Waals surface area contributed by atoms with Crippen molar-refractivity contribution < 1.29 is 31.9 Å². The van der Waals surface area contributed by atoms with Crippen LogP contribution < -0.4 is 5.32 Å². The van der Waals surface area contributed by atoms with Crippen LogP contribution in [-0.4, -0.2) is 18.4 Å². The molecule has 4 nitrogen and oxygen atoms in total. The van der Waals surface area contributed by atoms with E-state index in [0.717, 1.165) is 0 Å². The van der Waals surface area contributed by atoms with E-state index < -0.39 is 29.4 Å². The quantitative estimate of drug-likeness (QED) is 0.611. The van der Waals surface area contributed by atoms with Crippen molar-refractivity contribution in [3.05, 3.63) is 57.7 Å². The fourth-order valence-corrected chi connectivity index (χ4v) is 3.74. The molecule has 8 heteroatoms. The first-order chi connectivity index (χ1) is 12.3. The van der Waals surface area contributed by atoms with Gasteiger partial charge in [0.2, 0.25) is 0 Å². The summed E-state index contributed by atoms with van der Waals surface area (Å²) in [6, 6.07) is 2.57. The Morgan fingerprint density at radius 2 is 1.85 bits per heavy atom. The maximum atomic E-state index is 13.7. The molecule has 0 spiro atoms. The molecule has 0 fully saturated rings. The molecule has 0 saturated carbocycles. The predicted molar refractivity (Wildman–Crippen MR) is 81.1 cm³/mol. The molecule has 3 aliphatic rings. The maximum absolute atomic E-state index is 13.7. The molecule has 4 rings (SSSR count). The SMILES string of the molecule is O=C1CCCC2=C1C(c1ccc(F)c(C(F)(F)F)c1)C1=C(COC1=O)N2. The molecule has 136 valence electrons. The molecular formula is C18H13F4NO3. The lowest BCUT2D eigenvalue weighted by Gasteiger charge is -2.32. The molecule has 1 N–H and O–H groups in total. The summed E-state index contributed by atoms with van der Waals surface area (Å²) in [7, 11) is 0. The number of allylic oxidation sites excluding steroid dienone is 2. The van der Waals surface area contributed by atoms with Crippen molar-refractivity contribution in [3.63, 3.8) is 0 Å². The van der Waals surface area contributed by atoms with Gasteiger partial charge in [-0.3, -0.25) is 4.79 Å². The summed E-state index contributed by atoms with van der Waals surface area (Å²) in [6.45, 7) is -0.0248. The summed E-state index contributed by atoms with van der Waals surface area (Å²) in [5.74, 6) is -3.29. The monoisotopic (exact) mass is 367 g/mol. The number of benzene rings is 1. The number of carbonyl (C=O) groups is 2. The van der Waals surface area contributed by atoms with Gasteiger partial charge in [-0.2, -0.15) is 13.2 Å². The average molecular weight is 367 g/mol. The lowest BCUT2D eigenvalue weighted by Crippen LogP contribution is -2.32. The van der Waals surface area contributed by atoms with Crippen molar-refractivity contribution in [1.82, 2.24) is 5.32 Å². The van der Waals surface area contributed by atoms with Crippen molar-refractivity contribution in [1.29, 1.82) is 0 Å². The van der Waals surface area contributed by atoms with E-state index in [9.17, 15) is 27.2 Å². The van der Waals surface area contributed by atoms with Crippen LogP contribution in [0.2, 0.25) is 0 Å². The number of hydrogen-bond donors (Lipinski definition) is 1. The lowest BCUT2D eigenvalue weighted by molar-refractivity contribution is -0.140. The normalized spacial score (nSPS) is 22.8. The predicted octanol–water partition coefficient (Wildman–Crippen LogP) is 3.35. The number of hydrogen-bond acceptors (Lipinski definition) is 4. The Hall–Kier alpha value is -2.64. The summed E-state index contributed by atoms with van der Waals surface area (Å²) < 4.78 is 58.0. The standard InChI is InChI=1S/C18H13F4NO3/c19-10-5-4-8(6-9(10)18(20,21)22)14-15-11(2-1-3-13(15)24)23-12-7-26-17(25)16(12)14/h4-6,14,23H,1-3,7H2. The highest BCUT2D eigenvalue weighted by atomic mass is 19.4. The molecule has 0 bridgehead atoms. The minimum absolute atomic E-state index is 0.0248. The molecule has 2 aliphatic heterocycles. The second-order valence-electron chi connectivity index (χ2n) is 6.43. The van der Waals surface area contributed by atoms with Gasteiger partial charge >= 0.3 is 12.1 Å². The largest absolute Gasteiger partial charge is 0.456 e. The number of carbonyl (C=O) groups excluding carboxylic acids is 2. The number of rotatable bonds is 1. The second-order valence-corrected chi connectivity index (χ2v) is 6.43. The van der Waals surface area contributed by atoms with Gasteiger partial charge in [0.25, 0.3) is 0 Å². The number of ketones is 1. The third kappa shape index (κ3) is 2.51. The van der Waals surface area contributed by atoms with Crippen LogP contribution in [0.15, 0.2) is 40.7 Å². The second kappa shape index (κ2) is 5.69. The van der Waals surface area contributed by atoms with E-state index in [2.05, 4.69) is 5.32 Å². The summed E-state index contributed by atoms with van der Waals surface area (Å²) in [5.41, 5.74) is 0.0709. The fraction of sp³-hybridized carbons (Fsp3) is 0.333. The zero-order valence-electron chi connectivity index (χ0n) is 13.4. The molecule has 0 radical (unpaired) electrons. The zero-order valence-corrected chi connectivity index (χ0v) is 13.4. The number of halogens is 4. The van der Waals surface area contributed by atoms with Crippen molar-refractivity contribution in [2.24, 2.45) is 0 Å². The summed E-state index contributed by atoms with van der Waals surface area (Å²) in [5, 5.41) is 3.03. The van der Waals surface area contributed by atoms with Crippen LogP contribution in [0.5, 0.6) is 0 Å². The van der Waals surface area contributed by atoms with E-state index in [4.69, 9.17) is 4.74 Å². The van der Waals surface area contributed by atoms with Crippen LogP contribution in [-0.2, 0) is 20.5 Å². The summed E-state index contributed by atoms with van der Waals surface area (Å²) >= 11 is 0. The Bertz CT molecular complexity index is 898. The molecule has 1 unspecified atom stereocenters. The minimum atomic E-state index is -4.88. The summed E-state index contributed by atoms with van der Waals surface area (Å²) in [6.07, 6.45) is -3.46. The third-order valence-corrected chi connectivity index (χ3v) is 4.86. The van der Waals surface area contributed by atoms with Crippen LogP contribution in [0.1, 0.15) is 36.3 Å². The highest BCUT2D eigenvalue weighted by Crippen LogP contribution is 2.45. The molecule has 1 atom stereocenters. The Morgan fingerprint density at radius 3 is 2.58 bits per heavy atom. The van der Waals surface area contributed by atoms with Crippen LogP contribution >= 0.6 is 0 Å². The van der Waals surface area contributed by atoms with Gasteiger partial charge in [0.1, 0.15) is 12.4 Å². The number of nitrogens with one attached hydrogen (secondary N) is 1. The van der Waals surface area contributed by atoms with Crippen molar-refractivity contribution in [2.75, 3.05) is 6.61 Å². The third-order valence-electron chi connectivity index (χ3n) is 4.86. The first kappa shape index (κ1) is 16.8. The Morgan fingerprint density at radius 1 is 1.08 bits per heavy atom. The van der Waals surface area contributed by atoms with Gasteiger partial charge in [-0.05, 0) is 30.5 Å². The van der Waals surface area contributed by atoms with Gasteiger partial charge < -0.3 is 10.1 Å². The van der Waals surface area contributed by atoms with Crippen molar-refractivity contribution >= 4 is 11.8 Å². The first-order valence-corrected chi connectivity index (χ1v) is 8.07. The van der Waals surface area contributed by atoms with Crippen LogP contribution in [0.4, 0.5) is 17.6 Å². The Balaban J connectivity index is 1.91. The van der Waals surface area contributed by atoms with Gasteiger partial charge in [0.15, 0.2) is 5.78 Å². The molecule has 1 aromatic rings. The molecule has 1 aromatic carbocycles. The van der Waals surface area contributed by atoms with Gasteiger partial charge in [-0.15, -0.1) is 0 Å². The van der Waals surface area contributed by atoms with Gasteiger partial charge in [0.05, 0.1) is 16.8 Å². The highest BCUT2D eigenvalue weighted by molar-refractivity contribution is 6.04. The zero-order chi connectivity index (χ0) is 18.6. The van der Waals surface area contributed by atoms with Gasteiger partial charge in [-0.1, -0.05) is 6.07 Å². The fourth-order valence-electron chi connectivity index (χ4n) is 3.74. The van der Waals surface area contributed by atoms with E-state index in [-0.39, 0.29) is 35.5 Å². The Labute approximate surface area is 145 Å². The maximum Gasteiger partial charge on any atom is 0.419 e. The number of ether oxygens (including phenoxy) is 1. The number of esters is 1. The smallest absolute Gasteiger partial charge is 0.419 e. The van der Waals surface area contributed by atoms with E-state index >= 15 is 0 Å². The van der Waals surface area contributed by atoms with E-state index in [0.29, 0.717) is 36.4 Å². The number of Topliss-reactive ketones (excluding diaryl/α,β-unsaturated/α-hetero) is 1. The van der Waals surface area contributed by atoms with E-state index in [1.54, 1.807) is 0 Å². The van der Waals surface area contributed by atoms with Gasteiger partial charge in [0, 0.05) is 23.6 Å². The highest BCUT2D eigenvalue weighted by Gasteiger charge is 2.44. The molecule has 0 saturated heterocycles. The number of dihydropyridines is 1. The molecule has 0 amide bonds. The number of alkyl halides is 3. The van der Waals surface area contributed by atoms with Gasteiger partial charge in [-0.25, -0.2) is 9.18 Å². The van der Waals surface area contributed by atoms with Crippen LogP contribution in [0.25, 0.3) is 0 Å². The topological polar surface area (TPSA) is 55.4 Å². The first-order valence-electron chi connectivity index (χ1n) is 8.07. The molecule has 1 aliphatic carbocycles. The van der Waals surface area contributed by atoms with Crippen LogP contribution in [0.3, 0.4) is 0 Å². The average Bonchev–Trinajstić information content (AvgIpc) is 2.94. The Kier molecular flexibility index (Phi) is 3.68. The van der Waals surface area contributed by atoms with Crippen molar-refractivity contribution in [2.45, 2.75) is 31.4 Å². The lowest BCUT2D eigenvalue weighted by atomic mass is 9.75. The van der Waals surface area contributed by atoms with Crippen molar-refractivity contribution in [3.8, 4) is 0 Å². The summed E-state index contributed by atoms with van der Waals surface area (Å²) in [4.78, 5) is 24.7. The molecular weight excluding hydrogens is 354 g/mol. The van der Waals surface area contributed by atoms with Crippen LogP contribution in [0, 0.1) is 5.82 Å². The molecule has 2 heterocycles. The van der Waals surface area contributed by atoms with E-state index in [1.807, 2.05) is 0 Å². The molecule has 26 heavy (non-hydrogen) atoms. The number of cyclic esters (lactones) is 1. The minimum Gasteiger partial charge on any atom is -0.456 e. The van der Waals surface area contributed by atoms with E-state index in [1.165, 1.54) is 6.07 Å². The molecule has 0 aromatic heterocycles.